The van der Waals surface area contributed by atoms with Gasteiger partial charge in [-0.1, -0.05) is 26.0 Å². The van der Waals surface area contributed by atoms with Gasteiger partial charge in [-0.3, -0.25) is 0 Å². The normalized spacial score (nSPS) is 27.8. The van der Waals surface area contributed by atoms with Gasteiger partial charge in [0, 0.05) is 18.8 Å². The van der Waals surface area contributed by atoms with E-state index in [1.165, 1.54) is 38.0 Å². The Balaban J connectivity index is 1.76. The van der Waals surface area contributed by atoms with Gasteiger partial charge in [-0.05, 0) is 54.7 Å². The molecule has 1 nitrogen and oxygen atoms in total. The summed E-state index contributed by atoms with van der Waals surface area (Å²) < 4.78 is 0. The lowest BCUT2D eigenvalue weighted by Gasteiger charge is -2.18. The summed E-state index contributed by atoms with van der Waals surface area (Å²) in [5.41, 5.74) is 3.03. The van der Waals surface area contributed by atoms with Crippen molar-refractivity contribution in [3.63, 3.8) is 0 Å². The Morgan fingerprint density at radius 2 is 1.94 bits per heavy atom. The van der Waals surface area contributed by atoms with Crippen LogP contribution < -0.4 is 4.90 Å². The summed E-state index contributed by atoms with van der Waals surface area (Å²) >= 11 is 0. The summed E-state index contributed by atoms with van der Waals surface area (Å²) in [5, 5.41) is 0. The Hall–Kier alpha value is -0.980. The van der Waals surface area contributed by atoms with E-state index in [4.69, 9.17) is 0 Å². The van der Waals surface area contributed by atoms with Gasteiger partial charge in [0.15, 0.2) is 0 Å². The van der Waals surface area contributed by atoms with Gasteiger partial charge < -0.3 is 4.90 Å². The second kappa shape index (κ2) is 4.36. The number of rotatable bonds is 3. The molecule has 3 rings (SSSR count). The summed E-state index contributed by atoms with van der Waals surface area (Å²) in [4.78, 5) is 2.54. The van der Waals surface area contributed by atoms with Crippen molar-refractivity contribution in [3.05, 3.63) is 29.8 Å². The summed E-state index contributed by atoms with van der Waals surface area (Å²) in [6.45, 7) is 7.22. The van der Waals surface area contributed by atoms with E-state index in [-0.39, 0.29) is 0 Å². The van der Waals surface area contributed by atoms with Crippen LogP contribution in [0.4, 0.5) is 5.69 Å². The molecule has 1 heterocycles. The fraction of sp³-hybridized carbons (Fsp3) is 0.625. The first kappa shape index (κ1) is 11.1. The largest absolute Gasteiger partial charge is 0.372 e. The van der Waals surface area contributed by atoms with E-state index in [1.807, 2.05) is 0 Å². The zero-order valence-electron chi connectivity index (χ0n) is 11.0. The third kappa shape index (κ3) is 2.20. The zero-order chi connectivity index (χ0) is 11.8. The maximum absolute atomic E-state index is 2.54. The second-order valence-corrected chi connectivity index (χ2v) is 6.04. The second-order valence-electron chi connectivity index (χ2n) is 6.04. The van der Waals surface area contributed by atoms with Crippen LogP contribution in [0.1, 0.15) is 44.6 Å². The lowest BCUT2D eigenvalue weighted by molar-refractivity contribution is 0.549. The highest BCUT2D eigenvalue weighted by molar-refractivity contribution is 5.50. The molecule has 0 radical (unpaired) electrons. The van der Waals surface area contributed by atoms with Gasteiger partial charge in [-0.2, -0.15) is 0 Å². The number of nitrogens with zero attached hydrogens (tertiary/aromatic N) is 1. The maximum atomic E-state index is 2.54. The number of anilines is 1. The molecule has 2 aliphatic rings. The average molecular weight is 229 g/mol. The molecule has 2 atom stereocenters. The molecular weight excluding hydrogens is 206 g/mol. The minimum absolute atomic E-state index is 0.843. The van der Waals surface area contributed by atoms with Crippen molar-refractivity contribution in [3.8, 4) is 0 Å². The Kier molecular flexibility index (Phi) is 2.85. The first-order valence-corrected chi connectivity index (χ1v) is 7.10. The summed E-state index contributed by atoms with van der Waals surface area (Å²) in [7, 11) is 0. The van der Waals surface area contributed by atoms with Crippen LogP contribution in [0.25, 0.3) is 0 Å². The maximum Gasteiger partial charge on any atom is 0.0369 e. The van der Waals surface area contributed by atoms with Gasteiger partial charge in [0.25, 0.3) is 0 Å². The highest BCUT2D eigenvalue weighted by Crippen LogP contribution is 2.52. The van der Waals surface area contributed by atoms with Crippen molar-refractivity contribution in [1.82, 2.24) is 0 Å². The number of hydrogen-bond acceptors (Lipinski definition) is 1. The molecular formula is C16H23N. The van der Waals surface area contributed by atoms with Crippen molar-refractivity contribution in [2.24, 2.45) is 11.8 Å². The summed E-state index contributed by atoms with van der Waals surface area (Å²) in [6, 6.07) is 9.30. The Morgan fingerprint density at radius 3 is 2.59 bits per heavy atom. The third-order valence-electron chi connectivity index (χ3n) is 4.47. The van der Waals surface area contributed by atoms with Gasteiger partial charge in [0.05, 0.1) is 0 Å². The topological polar surface area (TPSA) is 3.24 Å². The minimum Gasteiger partial charge on any atom is -0.372 e. The summed E-state index contributed by atoms with van der Waals surface area (Å²) in [6.07, 6.45) is 4.13. The molecule has 1 saturated heterocycles. The molecule has 17 heavy (non-hydrogen) atoms. The molecule has 1 aromatic carbocycles. The van der Waals surface area contributed by atoms with E-state index in [2.05, 4.69) is 43.0 Å². The monoisotopic (exact) mass is 229 g/mol. The van der Waals surface area contributed by atoms with Gasteiger partial charge in [0.1, 0.15) is 0 Å². The zero-order valence-corrected chi connectivity index (χ0v) is 11.0. The third-order valence-corrected chi connectivity index (χ3v) is 4.47. The lowest BCUT2D eigenvalue weighted by atomic mass is 10.0. The molecule has 2 fully saturated rings. The molecule has 0 bridgehead atoms. The predicted octanol–water partition coefficient (Wildman–Crippen LogP) is 4.05. The summed E-state index contributed by atoms with van der Waals surface area (Å²) in [5.74, 6) is 2.62. The van der Waals surface area contributed by atoms with E-state index in [0.29, 0.717) is 0 Å². The molecule has 92 valence electrons. The lowest BCUT2D eigenvalue weighted by Crippen LogP contribution is -2.17. The van der Waals surface area contributed by atoms with Crippen molar-refractivity contribution in [1.29, 1.82) is 0 Å². The van der Waals surface area contributed by atoms with E-state index < -0.39 is 0 Å². The van der Waals surface area contributed by atoms with Crippen molar-refractivity contribution < 1.29 is 0 Å². The van der Waals surface area contributed by atoms with Crippen LogP contribution in [-0.2, 0) is 0 Å². The fourth-order valence-electron chi connectivity index (χ4n) is 3.26. The fourth-order valence-corrected chi connectivity index (χ4v) is 3.26. The van der Waals surface area contributed by atoms with E-state index in [1.54, 1.807) is 5.56 Å². The first-order chi connectivity index (χ1) is 8.25. The molecule has 0 aromatic heterocycles. The average Bonchev–Trinajstić information content (AvgIpc) is 2.96. The first-order valence-electron chi connectivity index (χ1n) is 7.10. The smallest absolute Gasteiger partial charge is 0.0369 e. The highest BCUT2D eigenvalue weighted by Gasteiger charge is 2.40. The van der Waals surface area contributed by atoms with Gasteiger partial charge >= 0.3 is 0 Å². The van der Waals surface area contributed by atoms with Gasteiger partial charge in [-0.15, -0.1) is 0 Å². The molecule has 0 spiro atoms. The van der Waals surface area contributed by atoms with Crippen molar-refractivity contribution >= 4 is 5.69 Å². The van der Waals surface area contributed by atoms with Gasteiger partial charge in [0.2, 0.25) is 0 Å². The molecule has 1 aliphatic carbocycles. The molecule has 0 amide bonds. The van der Waals surface area contributed by atoms with Crippen LogP contribution in [0.15, 0.2) is 24.3 Å². The number of benzene rings is 1. The minimum atomic E-state index is 0.843. The van der Waals surface area contributed by atoms with Crippen molar-refractivity contribution in [2.45, 2.75) is 39.0 Å². The van der Waals surface area contributed by atoms with E-state index >= 15 is 0 Å². The molecule has 0 N–H and O–H groups in total. The van der Waals surface area contributed by atoms with Crippen LogP contribution >= 0.6 is 0 Å². The molecule has 0 unspecified atom stereocenters. The SMILES string of the molecule is CC(C)[C@@H]1C[C@H]1c1cccc(N2CCCC2)c1. The van der Waals surface area contributed by atoms with Crippen LogP contribution in [0.3, 0.4) is 0 Å². The number of hydrogen-bond donors (Lipinski definition) is 0. The highest BCUT2D eigenvalue weighted by atomic mass is 15.1. The Labute approximate surface area is 105 Å². The molecule has 1 aromatic rings. The van der Waals surface area contributed by atoms with Crippen LogP contribution in [0.5, 0.6) is 0 Å². The van der Waals surface area contributed by atoms with Gasteiger partial charge in [-0.25, -0.2) is 0 Å². The molecule has 1 heteroatoms. The van der Waals surface area contributed by atoms with Crippen LogP contribution in [0, 0.1) is 11.8 Å². The standard InChI is InChI=1S/C16H23N/c1-12(2)15-11-16(15)13-6-5-7-14(10-13)17-8-3-4-9-17/h5-7,10,12,15-16H,3-4,8-9,11H2,1-2H3/t15-,16-/m0/s1. The van der Waals surface area contributed by atoms with E-state index in [9.17, 15) is 0 Å². The molecule has 1 aliphatic heterocycles. The van der Waals surface area contributed by atoms with Crippen LogP contribution in [0.2, 0.25) is 0 Å². The molecule has 1 saturated carbocycles. The Bertz CT molecular complexity index is 390. The predicted molar refractivity (Wildman–Crippen MR) is 73.6 cm³/mol. The van der Waals surface area contributed by atoms with Crippen LogP contribution in [-0.4, -0.2) is 13.1 Å². The van der Waals surface area contributed by atoms with Crippen molar-refractivity contribution in [2.75, 3.05) is 18.0 Å². The quantitative estimate of drug-likeness (QED) is 0.756. The van der Waals surface area contributed by atoms with E-state index in [0.717, 1.165) is 17.8 Å². The Morgan fingerprint density at radius 1 is 1.18 bits per heavy atom.